The highest BCUT2D eigenvalue weighted by atomic mass is 32.1. The van der Waals surface area contributed by atoms with Crippen LogP contribution in [0.4, 0.5) is 0 Å². The van der Waals surface area contributed by atoms with Gasteiger partial charge in [-0.05, 0) is 24.6 Å². The molecule has 0 saturated heterocycles. The molecule has 0 radical (unpaired) electrons. The van der Waals surface area contributed by atoms with Gasteiger partial charge >= 0.3 is 5.97 Å². The number of thiophene rings is 1. The zero-order valence-corrected chi connectivity index (χ0v) is 14.5. The van der Waals surface area contributed by atoms with E-state index < -0.39 is 5.97 Å². The molecular weight excluding hydrogens is 340 g/mol. The van der Waals surface area contributed by atoms with Crippen molar-refractivity contribution in [3.05, 3.63) is 52.5 Å². The minimum absolute atomic E-state index is 0.0226. The van der Waals surface area contributed by atoms with E-state index in [2.05, 4.69) is 10.1 Å². The number of esters is 1. The second-order valence-corrected chi connectivity index (χ2v) is 6.73. The van der Waals surface area contributed by atoms with Gasteiger partial charge in [0.15, 0.2) is 12.4 Å². The zero-order chi connectivity index (χ0) is 17.2. The number of benzene rings is 1. The molecule has 3 aromatic rings. The number of hydrogen-bond acceptors (Lipinski definition) is 7. The lowest BCUT2D eigenvalue weighted by atomic mass is 10.1. The number of hydrogen-bond donors (Lipinski definition) is 0. The average molecular weight is 356 g/mol. The Morgan fingerprint density at radius 3 is 3.12 bits per heavy atom. The van der Waals surface area contributed by atoms with Gasteiger partial charge in [0.1, 0.15) is 17.2 Å². The molecule has 7 heteroatoms. The summed E-state index contributed by atoms with van der Waals surface area (Å²) >= 11 is 1.41. The van der Waals surface area contributed by atoms with E-state index in [1.54, 1.807) is 0 Å². The Labute approximate surface area is 148 Å². The molecule has 4 rings (SSSR count). The number of ether oxygens (including phenoxy) is 2. The van der Waals surface area contributed by atoms with Crippen molar-refractivity contribution in [2.24, 2.45) is 0 Å². The number of aromatic nitrogens is 2. The molecule has 0 amide bonds. The number of fused-ring (bicyclic) bond motifs is 3. The number of para-hydroxylation sites is 1. The molecular formula is C18H16N2O4S. The predicted molar refractivity (Wildman–Crippen MR) is 91.5 cm³/mol. The van der Waals surface area contributed by atoms with E-state index in [0.29, 0.717) is 23.2 Å². The average Bonchev–Trinajstić information content (AvgIpc) is 3.27. The van der Waals surface area contributed by atoms with Crippen LogP contribution in [0.25, 0.3) is 10.4 Å². The molecule has 0 fully saturated rings. The minimum Gasteiger partial charge on any atom is -0.488 e. The second kappa shape index (κ2) is 6.68. The summed E-state index contributed by atoms with van der Waals surface area (Å²) < 4.78 is 16.1. The highest BCUT2D eigenvalue weighted by Gasteiger charge is 2.23. The van der Waals surface area contributed by atoms with Crippen LogP contribution in [-0.2, 0) is 24.4 Å². The Hall–Kier alpha value is -2.67. The van der Waals surface area contributed by atoms with E-state index in [1.807, 2.05) is 37.3 Å². The third kappa shape index (κ3) is 3.15. The van der Waals surface area contributed by atoms with Crippen LogP contribution in [-0.4, -0.2) is 16.1 Å². The Balaban J connectivity index is 1.47. The summed E-state index contributed by atoms with van der Waals surface area (Å²) in [4.78, 5) is 18.1. The lowest BCUT2D eigenvalue weighted by Gasteiger charge is -2.16. The number of aryl methyl sites for hydroxylation is 1. The maximum absolute atomic E-state index is 12.3. The summed E-state index contributed by atoms with van der Waals surface area (Å²) in [5.74, 6) is 1.39. The molecule has 0 aliphatic carbocycles. The first-order valence-corrected chi connectivity index (χ1v) is 8.89. The monoisotopic (exact) mass is 356 g/mol. The fourth-order valence-corrected chi connectivity index (χ4v) is 3.76. The number of carbonyl (C=O) groups excluding carboxylic acids is 1. The van der Waals surface area contributed by atoms with Crippen LogP contribution in [0.3, 0.4) is 0 Å². The molecule has 1 aliphatic rings. The molecule has 0 spiro atoms. The van der Waals surface area contributed by atoms with Gasteiger partial charge in [0.25, 0.3) is 5.89 Å². The third-order valence-corrected chi connectivity index (χ3v) is 5.03. The van der Waals surface area contributed by atoms with Crippen LogP contribution in [0.5, 0.6) is 5.75 Å². The maximum atomic E-state index is 12.3. The smallest absolute Gasteiger partial charge is 0.348 e. The summed E-state index contributed by atoms with van der Waals surface area (Å²) in [5.41, 5.74) is 2.01. The summed E-state index contributed by atoms with van der Waals surface area (Å²) in [5, 5.41) is 3.84. The fourth-order valence-electron chi connectivity index (χ4n) is 2.67. The molecule has 25 heavy (non-hydrogen) atoms. The van der Waals surface area contributed by atoms with Gasteiger partial charge in [0.2, 0.25) is 0 Å². The van der Waals surface area contributed by atoms with Gasteiger partial charge in [0.05, 0.1) is 0 Å². The van der Waals surface area contributed by atoms with E-state index in [1.165, 1.54) is 11.3 Å². The van der Waals surface area contributed by atoms with Gasteiger partial charge in [-0.1, -0.05) is 24.2 Å². The number of nitrogens with zero attached hydrogens (tertiary/aromatic N) is 2. The largest absolute Gasteiger partial charge is 0.488 e. The van der Waals surface area contributed by atoms with Crippen molar-refractivity contribution in [1.29, 1.82) is 0 Å². The summed E-state index contributed by atoms with van der Waals surface area (Å²) in [7, 11) is 0. The summed E-state index contributed by atoms with van der Waals surface area (Å²) in [6, 6.07) is 9.64. The van der Waals surface area contributed by atoms with Crippen molar-refractivity contribution in [1.82, 2.24) is 10.1 Å². The lowest BCUT2D eigenvalue weighted by molar-refractivity contribution is 0.0435. The van der Waals surface area contributed by atoms with Crippen LogP contribution in [0, 0.1) is 0 Å². The van der Waals surface area contributed by atoms with Crippen LogP contribution in [0.2, 0.25) is 0 Å². The Kier molecular flexibility index (Phi) is 4.23. The van der Waals surface area contributed by atoms with E-state index in [0.717, 1.165) is 34.6 Å². The summed E-state index contributed by atoms with van der Waals surface area (Å²) in [6.45, 7) is 2.47. The first-order chi connectivity index (χ1) is 12.2. The quantitative estimate of drug-likeness (QED) is 0.643. The topological polar surface area (TPSA) is 74.5 Å². The van der Waals surface area contributed by atoms with Crippen LogP contribution < -0.4 is 4.74 Å². The van der Waals surface area contributed by atoms with Crippen molar-refractivity contribution in [3.8, 4) is 16.2 Å². The molecule has 1 aromatic carbocycles. The van der Waals surface area contributed by atoms with E-state index >= 15 is 0 Å². The molecule has 3 heterocycles. The molecule has 1 aliphatic heterocycles. The minimum atomic E-state index is -0.396. The molecule has 0 N–H and O–H groups in total. The third-order valence-electron chi connectivity index (χ3n) is 3.84. The molecule has 0 unspecified atom stereocenters. The van der Waals surface area contributed by atoms with Gasteiger partial charge in [-0.15, -0.1) is 11.3 Å². The molecule has 2 aromatic heterocycles. The van der Waals surface area contributed by atoms with Crippen LogP contribution >= 0.6 is 11.3 Å². The first-order valence-electron chi connectivity index (χ1n) is 8.08. The standard InChI is InChI=1S/C18H16N2O4S/c1-2-5-15-19-16(24-20-15)10-23-18(21)14-8-11-9-22-13-7-4-3-6-12(13)17(11)25-14/h3-4,6-8H,2,5,9-10H2,1H3. The van der Waals surface area contributed by atoms with E-state index in [-0.39, 0.29) is 6.61 Å². The number of rotatable bonds is 5. The highest BCUT2D eigenvalue weighted by Crippen LogP contribution is 2.42. The molecule has 6 nitrogen and oxygen atoms in total. The fraction of sp³-hybridized carbons (Fsp3) is 0.278. The van der Waals surface area contributed by atoms with Crippen molar-refractivity contribution in [3.63, 3.8) is 0 Å². The van der Waals surface area contributed by atoms with E-state index in [9.17, 15) is 4.79 Å². The molecule has 128 valence electrons. The second-order valence-electron chi connectivity index (χ2n) is 5.68. The van der Waals surface area contributed by atoms with Gasteiger partial charge in [-0.25, -0.2) is 4.79 Å². The van der Waals surface area contributed by atoms with Gasteiger partial charge in [0, 0.05) is 22.4 Å². The van der Waals surface area contributed by atoms with Crippen molar-refractivity contribution >= 4 is 17.3 Å². The summed E-state index contributed by atoms with van der Waals surface area (Å²) in [6.07, 6.45) is 1.68. The molecule has 0 saturated carbocycles. The van der Waals surface area contributed by atoms with Crippen LogP contribution in [0.15, 0.2) is 34.9 Å². The number of carbonyl (C=O) groups is 1. The molecule has 0 bridgehead atoms. The maximum Gasteiger partial charge on any atom is 0.348 e. The van der Waals surface area contributed by atoms with Crippen LogP contribution in [0.1, 0.15) is 40.3 Å². The predicted octanol–water partition coefficient (Wildman–Crippen LogP) is 4.00. The Bertz CT molecular complexity index is 915. The normalized spacial score (nSPS) is 12.2. The molecule has 0 atom stereocenters. The Morgan fingerprint density at radius 1 is 1.36 bits per heavy atom. The Morgan fingerprint density at radius 2 is 2.24 bits per heavy atom. The van der Waals surface area contributed by atoms with E-state index in [4.69, 9.17) is 14.0 Å². The SMILES string of the molecule is CCCc1noc(COC(=O)c2cc3c(s2)-c2ccccc2OC3)n1. The van der Waals surface area contributed by atoms with Crippen molar-refractivity contribution < 1.29 is 18.8 Å². The highest BCUT2D eigenvalue weighted by molar-refractivity contribution is 7.17. The van der Waals surface area contributed by atoms with Gasteiger partial charge in [-0.2, -0.15) is 4.98 Å². The lowest BCUT2D eigenvalue weighted by Crippen LogP contribution is -2.04. The zero-order valence-electron chi connectivity index (χ0n) is 13.7. The van der Waals surface area contributed by atoms with Gasteiger partial charge < -0.3 is 14.0 Å². The first kappa shape index (κ1) is 15.8. The van der Waals surface area contributed by atoms with Crippen molar-refractivity contribution in [2.45, 2.75) is 33.0 Å². The van der Waals surface area contributed by atoms with Crippen molar-refractivity contribution in [2.75, 3.05) is 0 Å². The van der Waals surface area contributed by atoms with Gasteiger partial charge in [-0.3, -0.25) is 0 Å².